The van der Waals surface area contributed by atoms with Crippen LogP contribution in [0.15, 0.2) is 48.6 Å². The number of hydrogen-bond donors (Lipinski definition) is 3. The molecule has 41 heavy (non-hydrogen) atoms. The van der Waals surface area contributed by atoms with Crippen molar-refractivity contribution in [2.45, 2.75) is 25.0 Å². The van der Waals surface area contributed by atoms with E-state index in [-0.39, 0.29) is 42.7 Å². The molecule has 0 spiro atoms. The van der Waals surface area contributed by atoms with Gasteiger partial charge in [0.25, 0.3) is 5.91 Å². The fourth-order valence-corrected chi connectivity index (χ4v) is 4.86. The first-order valence-corrected chi connectivity index (χ1v) is 13.6. The van der Waals surface area contributed by atoms with E-state index in [1.165, 1.54) is 30.6 Å². The summed E-state index contributed by atoms with van der Waals surface area (Å²) in [6.07, 6.45) is 3.76. The minimum atomic E-state index is -0.941. The quantitative estimate of drug-likeness (QED) is 0.283. The molecule has 2 fully saturated rings. The van der Waals surface area contributed by atoms with Crippen LogP contribution in [-0.4, -0.2) is 84.2 Å². The van der Waals surface area contributed by atoms with Crippen LogP contribution in [0, 0.1) is 5.82 Å². The highest BCUT2D eigenvalue weighted by atomic mass is 35.5. The minimum Gasteiger partial charge on any atom is -0.486 e. The lowest BCUT2D eigenvalue weighted by molar-refractivity contribution is -0.114. The third-order valence-corrected chi connectivity index (χ3v) is 7.06. The van der Waals surface area contributed by atoms with Crippen molar-refractivity contribution >= 4 is 45.6 Å². The molecule has 5 rings (SSSR count). The Labute approximate surface area is 240 Å². The second-order valence-corrected chi connectivity index (χ2v) is 10.1. The molecule has 2 aromatic carbocycles. The number of ether oxygens (including phenoxy) is 3. The Morgan fingerprint density at radius 1 is 1.24 bits per heavy atom. The van der Waals surface area contributed by atoms with E-state index in [4.69, 9.17) is 30.9 Å². The smallest absolute Gasteiger partial charge is 0.284 e. The summed E-state index contributed by atoms with van der Waals surface area (Å²) in [5.41, 5.74) is 1.22. The Balaban J connectivity index is 1.37. The maximum Gasteiger partial charge on any atom is 0.284 e. The molecule has 1 amide bonds. The van der Waals surface area contributed by atoms with Gasteiger partial charge in [-0.3, -0.25) is 9.69 Å². The number of aromatic nitrogens is 2. The summed E-state index contributed by atoms with van der Waals surface area (Å²) in [5.74, 6) is -1.74. The Bertz CT molecular complexity index is 1420. The number of likely N-dealkylation sites (tertiary alicyclic amines) is 1. The predicted molar refractivity (Wildman–Crippen MR) is 150 cm³/mol. The predicted octanol–water partition coefficient (Wildman–Crippen LogP) is 4.21. The van der Waals surface area contributed by atoms with Gasteiger partial charge in [0.2, 0.25) is 0 Å². The molecule has 1 aromatic heterocycles. The first-order valence-electron chi connectivity index (χ1n) is 13.3. The van der Waals surface area contributed by atoms with Gasteiger partial charge in [-0.15, -0.1) is 0 Å². The third kappa shape index (κ3) is 7.46. The molecule has 0 bridgehead atoms. The van der Waals surface area contributed by atoms with Crippen molar-refractivity contribution < 1.29 is 32.9 Å². The van der Waals surface area contributed by atoms with Crippen molar-refractivity contribution in [3.05, 3.63) is 59.4 Å². The highest BCUT2D eigenvalue weighted by Crippen LogP contribution is 2.35. The molecule has 2 saturated heterocycles. The van der Waals surface area contributed by atoms with Crippen LogP contribution < -0.4 is 15.4 Å². The first kappa shape index (κ1) is 29.1. The molecule has 3 N–H and O–H groups in total. The number of benzene rings is 2. The summed E-state index contributed by atoms with van der Waals surface area (Å²) in [6, 6.07) is 7.41. The molecule has 0 radical (unpaired) electrons. The Kier molecular flexibility index (Phi) is 9.57. The number of aliphatic hydroxyl groups is 1. The van der Waals surface area contributed by atoms with E-state index >= 15 is 0 Å². The van der Waals surface area contributed by atoms with Crippen LogP contribution in [-0.2, 0) is 14.3 Å². The lowest BCUT2D eigenvalue weighted by Gasteiger charge is -2.18. The van der Waals surface area contributed by atoms with E-state index in [0.717, 1.165) is 6.42 Å². The summed E-state index contributed by atoms with van der Waals surface area (Å²) in [6.45, 7) is 2.67. The van der Waals surface area contributed by atoms with Gasteiger partial charge in [0, 0.05) is 43.2 Å². The van der Waals surface area contributed by atoms with Crippen molar-refractivity contribution in [1.29, 1.82) is 0 Å². The van der Waals surface area contributed by atoms with Crippen LogP contribution in [0.4, 0.5) is 26.0 Å². The van der Waals surface area contributed by atoms with E-state index in [9.17, 15) is 13.6 Å². The molecule has 3 heterocycles. The lowest BCUT2D eigenvalue weighted by Crippen LogP contribution is -2.25. The van der Waals surface area contributed by atoms with Gasteiger partial charge < -0.3 is 30.0 Å². The van der Waals surface area contributed by atoms with Crippen LogP contribution in [0.5, 0.6) is 5.75 Å². The zero-order valence-corrected chi connectivity index (χ0v) is 22.9. The van der Waals surface area contributed by atoms with E-state index in [2.05, 4.69) is 20.6 Å². The van der Waals surface area contributed by atoms with Gasteiger partial charge >= 0.3 is 0 Å². The Morgan fingerprint density at radius 2 is 2.12 bits per heavy atom. The topological polar surface area (TPSA) is 118 Å². The minimum absolute atomic E-state index is 0.0275. The van der Waals surface area contributed by atoms with Gasteiger partial charge in [-0.2, -0.15) is 0 Å². The van der Waals surface area contributed by atoms with Crippen LogP contribution in [0.1, 0.15) is 12.8 Å². The highest BCUT2D eigenvalue weighted by molar-refractivity contribution is 6.31. The zero-order chi connectivity index (χ0) is 28.8. The SMILES string of the molecule is O=C(Nc1cc2c(Nc3ccc(F)c(Cl)c3)ncnc2cc1O[C@H]1CCOC1)/C(F)=C/CN1CC[C@@H](OCCO)C1. The first-order chi connectivity index (χ1) is 19.9. The number of anilines is 3. The van der Waals surface area contributed by atoms with Gasteiger partial charge in [-0.25, -0.2) is 18.7 Å². The van der Waals surface area contributed by atoms with E-state index < -0.39 is 17.6 Å². The molecule has 2 aliphatic rings. The number of rotatable bonds is 11. The van der Waals surface area contributed by atoms with E-state index in [1.807, 2.05) is 4.90 Å². The number of carbonyl (C=O) groups is 1. The van der Waals surface area contributed by atoms with Crippen LogP contribution in [0.3, 0.4) is 0 Å². The molecule has 13 heteroatoms. The number of halogens is 3. The maximum absolute atomic E-state index is 14.9. The Morgan fingerprint density at radius 3 is 2.90 bits per heavy atom. The summed E-state index contributed by atoms with van der Waals surface area (Å²) in [4.78, 5) is 23.5. The number of nitrogens with one attached hydrogen (secondary N) is 2. The third-order valence-electron chi connectivity index (χ3n) is 6.77. The molecule has 0 aliphatic carbocycles. The molecule has 0 unspecified atom stereocenters. The molecule has 2 atom stereocenters. The number of amides is 1. The van der Waals surface area contributed by atoms with Crippen LogP contribution >= 0.6 is 11.6 Å². The molecule has 3 aromatic rings. The molecule has 218 valence electrons. The second kappa shape index (κ2) is 13.5. The summed E-state index contributed by atoms with van der Waals surface area (Å²) < 4.78 is 45.6. The van der Waals surface area contributed by atoms with Crippen LogP contribution in [0.2, 0.25) is 5.02 Å². The number of hydrogen-bond acceptors (Lipinski definition) is 9. The van der Waals surface area contributed by atoms with Gasteiger partial charge in [-0.05, 0) is 36.8 Å². The summed E-state index contributed by atoms with van der Waals surface area (Å²) in [5, 5.41) is 15.1. The Hall–Kier alpha value is -3.42. The molecular weight excluding hydrogens is 560 g/mol. The van der Waals surface area contributed by atoms with Crippen molar-refractivity contribution in [1.82, 2.24) is 14.9 Å². The van der Waals surface area contributed by atoms with E-state index in [0.29, 0.717) is 60.9 Å². The highest BCUT2D eigenvalue weighted by Gasteiger charge is 2.24. The fraction of sp³-hybridized carbons (Fsp3) is 0.393. The lowest BCUT2D eigenvalue weighted by atomic mass is 10.1. The van der Waals surface area contributed by atoms with Gasteiger partial charge in [0.05, 0.1) is 48.8 Å². The number of aliphatic hydroxyl groups excluding tert-OH is 1. The summed E-state index contributed by atoms with van der Waals surface area (Å²) >= 11 is 5.93. The zero-order valence-electron chi connectivity index (χ0n) is 22.1. The van der Waals surface area contributed by atoms with Crippen molar-refractivity contribution in [2.24, 2.45) is 0 Å². The molecular formula is C28H30ClF2N5O5. The fourth-order valence-electron chi connectivity index (χ4n) is 4.68. The van der Waals surface area contributed by atoms with Gasteiger partial charge in [0.1, 0.15) is 29.8 Å². The largest absolute Gasteiger partial charge is 0.486 e. The van der Waals surface area contributed by atoms with Crippen LogP contribution in [0.25, 0.3) is 10.9 Å². The number of nitrogens with zero attached hydrogens (tertiary/aromatic N) is 3. The molecule has 2 aliphatic heterocycles. The van der Waals surface area contributed by atoms with Crippen molar-refractivity contribution in [3.8, 4) is 5.75 Å². The summed E-state index contributed by atoms with van der Waals surface area (Å²) in [7, 11) is 0. The van der Waals surface area contributed by atoms with Gasteiger partial charge in [-0.1, -0.05) is 11.6 Å². The normalized spacial score (nSPS) is 19.6. The monoisotopic (exact) mass is 589 g/mol. The van der Waals surface area contributed by atoms with Crippen molar-refractivity contribution in [3.63, 3.8) is 0 Å². The average molecular weight is 590 g/mol. The van der Waals surface area contributed by atoms with Crippen molar-refractivity contribution in [2.75, 3.05) is 56.7 Å². The second-order valence-electron chi connectivity index (χ2n) is 9.72. The maximum atomic E-state index is 14.9. The van der Waals surface area contributed by atoms with Gasteiger partial charge in [0.15, 0.2) is 5.83 Å². The molecule has 0 saturated carbocycles. The molecule has 10 nitrogen and oxygen atoms in total. The van der Waals surface area contributed by atoms with E-state index in [1.54, 1.807) is 12.1 Å². The average Bonchev–Trinajstić information content (AvgIpc) is 3.65. The number of fused-ring (bicyclic) bond motifs is 1. The standard InChI is InChI=1S/C28H30ClF2N5O5/c29-21-11-17(1-2-22(21)30)34-27-20-12-25(26(13-24(20)32-16-33-27)41-19-5-9-39-15-19)35-28(38)23(31)4-7-36-6-3-18(14-36)40-10-8-37/h1-2,4,11-13,16,18-19,37H,3,5-10,14-15H2,(H,35,38)(H,32,33,34)/b23-4-/t18-,19+/m1/s1. The number of carbonyl (C=O) groups excluding carboxylic acids is 1.